The van der Waals surface area contributed by atoms with Gasteiger partial charge in [0.05, 0.1) is 0 Å². The van der Waals surface area contributed by atoms with Gasteiger partial charge in [0.2, 0.25) is 0 Å². The molecule has 0 rings (SSSR count). The molecule has 66 heavy (non-hydrogen) atoms. The molecule has 0 amide bonds. The maximum Gasteiger partial charge on any atom is 0.306 e. The number of carbonyl (C=O) groups excluding carboxylic acids is 3. The molecule has 0 saturated carbocycles. The molecule has 1 unspecified atom stereocenters. The van der Waals surface area contributed by atoms with Gasteiger partial charge in [-0.1, -0.05) is 241 Å². The molecule has 0 fully saturated rings. The molecule has 6 heteroatoms. The molecule has 0 heterocycles. The summed E-state index contributed by atoms with van der Waals surface area (Å²) < 4.78 is 16.8. The van der Waals surface area contributed by atoms with Crippen LogP contribution in [0.3, 0.4) is 0 Å². The highest BCUT2D eigenvalue weighted by Gasteiger charge is 2.19. The monoisotopic (exact) mass is 919 g/mol. The first-order chi connectivity index (χ1) is 32.5. The first-order valence-corrected chi connectivity index (χ1v) is 27.6. The van der Waals surface area contributed by atoms with Gasteiger partial charge in [-0.3, -0.25) is 14.4 Å². The molecule has 1 atom stereocenters. The zero-order chi connectivity index (χ0) is 47.9. The lowest BCUT2D eigenvalue weighted by Gasteiger charge is -2.18. The maximum absolute atomic E-state index is 12.8. The van der Waals surface area contributed by atoms with E-state index in [-0.39, 0.29) is 44.0 Å². The molecule has 0 aromatic carbocycles. The number of rotatable bonds is 49. The summed E-state index contributed by atoms with van der Waals surface area (Å²) in [6.07, 6.45) is 70.0. The second kappa shape index (κ2) is 54.2. The third-order valence-electron chi connectivity index (χ3n) is 11.7. The molecule has 0 aliphatic carbocycles. The van der Waals surface area contributed by atoms with E-state index in [1.165, 1.54) is 122 Å². The van der Waals surface area contributed by atoms with E-state index in [2.05, 4.69) is 106 Å². The van der Waals surface area contributed by atoms with Crippen molar-refractivity contribution in [3.63, 3.8) is 0 Å². The molecule has 0 radical (unpaired) electrons. The van der Waals surface area contributed by atoms with Crippen molar-refractivity contribution in [1.82, 2.24) is 0 Å². The average molecular weight is 919 g/mol. The van der Waals surface area contributed by atoms with Crippen LogP contribution in [0.1, 0.15) is 258 Å². The highest BCUT2D eigenvalue weighted by molar-refractivity contribution is 5.71. The van der Waals surface area contributed by atoms with Crippen molar-refractivity contribution in [2.75, 3.05) is 13.2 Å². The van der Waals surface area contributed by atoms with Gasteiger partial charge in [0.1, 0.15) is 13.2 Å². The molecule has 0 aromatic rings. The zero-order valence-electron chi connectivity index (χ0n) is 43.2. The first-order valence-electron chi connectivity index (χ1n) is 27.6. The smallest absolute Gasteiger partial charge is 0.306 e. The van der Waals surface area contributed by atoms with E-state index in [9.17, 15) is 14.4 Å². The summed E-state index contributed by atoms with van der Waals surface area (Å²) in [5.74, 6) is -0.986. The third kappa shape index (κ3) is 51.6. The van der Waals surface area contributed by atoms with Crippen molar-refractivity contribution in [2.24, 2.45) is 0 Å². The molecule has 0 bridgehead atoms. The van der Waals surface area contributed by atoms with Gasteiger partial charge in [0.25, 0.3) is 0 Å². The Hall–Kier alpha value is -3.41. The summed E-state index contributed by atoms with van der Waals surface area (Å²) >= 11 is 0. The van der Waals surface area contributed by atoms with Crippen LogP contribution in [0.5, 0.6) is 0 Å². The van der Waals surface area contributed by atoms with Gasteiger partial charge in [-0.25, -0.2) is 0 Å². The number of ether oxygens (including phenoxy) is 3. The first kappa shape index (κ1) is 62.6. The number of hydrogen-bond donors (Lipinski definition) is 0. The lowest BCUT2D eigenvalue weighted by Crippen LogP contribution is -2.30. The fourth-order valence-corrected chi connectivity index (χ4v) is 7.53. The van der Waals surface area contributed by atoms with Crippen LogP contribution < -0.4 is 0 Å². The molecule has 0 spiro atoms. The molecule has 0 N–H and O–H groups in total. The molecule has 6 nitrogen and oxygen atoms in total. The van der Waals surface area contributed by atoms with Crippen LogP contribution >= 0.6 is 0 Å². The fraction of sp³-hybridized carbons (Fsp3) is 0.717. The van der Waals surface area contributed by atoms with E-state index < -0.39 is 6.10 Å². The lowest BCUT2D eigenvalue weighted by molar-refractivity contribution is -0.167. The summed E-state index contributed by atoms with van der Waals surface area (Å²) in [6.45, 7) is 6.46. The number of unbranched alkanes of at least 4 members (excludes halogenated alkanes) is 25. The van der Waals surface area contributed by atoms with Gasteiger partial charge in [-0.15, -0.1) is 0 Å². The second-order valence-corrected chi connectivity index (χ2v) is 18.1. The largest absolute Gasteiger partial charge is 0.462 e. The maximum atomic E-state index is 12.8. The minimum Gasteiger partial charge on any atom is -0.462 e. The standard InChI is InChI=1S/C60H102O6/c1-4-7-10-13-16-19-22-25-28-30-33-35-38-41-44-47-50-53-59(62)65-56-57(55-64-58(61)52-49-46-43-40-37-34-31-27-24-21-18-15-12-9-6-3)66-60(63)54-51-48-45-42-39-36-32-29-26-23-20-17-14-11-8-5-2/h7,10,16,19,25,28-29,32-33,35-36,39,41,44,57H,4-6,8-9,11-15,17-18,20-24,26-27,30-31,34,37-38,40,42-43,45-56H2,1-3H3/b10-7-,19-16-,28-25-,32-29-,35-33-,39-36-,44-41-. The third-order valence-corrected chi connectivity index (χ3v) is 11.7. The van der Waals surface area contributed by atoms with E-state index >= 15 is 0 Å². The summed E-state index contributed by atoms with van der Waals surface area (Å²) in [6, 6.07) is 0. The highest BCUT2D eigenvalue weighted by atomic mass is 16.6. The molecular formula is C60H102O6. The lowest BCUT2D eigenvalue weighted by atomic mass is 10.0. The molecule has 0 aliphatic rings. The second-order valence-electron chi connectivity index (χ2n) is 18.1. The van der Waals surface area contributed by atoms with E-state index in [0.29, 0.717) is 12.8 Å². The van der Waals surface area contributed by atoms with Crippen molar-refractivity contribution >= 4 is 17.9 Å². The number of carbonyl (C=O) groups is 3. The molecule has 378 valence electrons. The topological polar surface area (TPSA) is 78.9 Å². The van der Waals surface area contributed by atoms with Crippen molar-refractivity contribution in [2.45, 2.75) is 264 Å². The molecule has 0 aliphatic heterocycles. The zero-order valence-corrected chi connectivity index (χ0v) is 43.2. The SMILES string of the molecule is CC/C=C\C/C=C\C/C=C\C/C=C\C/C=C\CCCC(=O)OCC(COC(=O)CCCCCCCCCCCCCCCCC)OC(=O)CCCCC/C=C\C=C/CCCCCCCCC. The van der Waals surface area contributed by atoms with E-state index in [4.69, 9.17) is 14.2 Å². The van der Waals surface area contributed by atoms with Gasteiger partial charge in [0.15, 0.2) is 6.10 Å². The van der Waals surface area contributed by atoms with Crippen molar-refractivity contribution in [1.29, 1.82) is 0 Å². The van der Waals surface area contributed by atoms with Gasteiger partial charge < -0.3 is 14.2 Å². The van der Waals surface area contributed by atoms with Crippen LogP contribution in [0, 0.1) is 0 Å². The Bertz CT molecular complexity index is 1290. The van der Waals surface area contributed by atoms with Crippen LogP contribution in [0.25, 0.3) is 0 Å². The van der Waals surface area contributed by atoms with Gasteiger partial charge in [-0.2, -0.15) is 0 Å². The van der Waals surface area contributed by atoms with Gasteiger partial charge in [0, 0.05) is 19.3 Å². The van der Waals surface area contributed by atoms with Gasteiger partial charge in [-0.05, 0) is 83.5 Å². The van der Waals surface area contributed by atoms with Gasteiger partial charge >= 0.3 is 17.9 Å². The molecule has 0 saturated heterocycles. The van der Waals surface area contributed by atoms with Crippen LogP contribution in [0.15, 0.2) is 85.1 Å². The predicted octanol–water partition coefficient (Wildman–Crippen LogP) is 18.4. The van der Waals surface area contributed by atoms with E-state index in [0.717, 1.165) is 89.9 Å². The minimum atomic E-state index is -0.812. The fourth-order valence-electron chi connectivity index (χ4n) is 7.53. The van der Waals surface area contributed by atoms with E-state index in [1.807, 2.05) is 0 Å². The summed E-state index contributed by atoms with van der Waals surface area (Å²) in [5, 5.41) is 0. The van der Waals surface area contributed by atoms with Crippen molar-refractivity contribution < 1.29 is 28.6 Å². The van der Waals surface area contributed by atoms with Crippen LogP contribution in [0.4, 0.5) is 0 Å². The normalized spacial score (nSPS) is 12.7. The Kier molecular flexibility index (Phi) is 51.4. The Morgan fingerprint density at radius 3 is 1.08 bits per heavy atom. The summed E-state index contributed by atoms with van der Waals surface area (Å²) in [4.78, 5) is 38.1. The highest BCUT2D eigenvalue weighted by Crippen LogP contribution is 2.15. The Labute approximate surface area is 407 Å². The van der Waals surface area contributed by atoms with Crippen molar-refractivity contribution in [3.05, 3.63) is 85.1 Å². The predicted molar refractivity (Wildman–Crippen MR) is 284 cm³/mol. The minimum absolute atomic E-state index is 0.103. The number of allylic oxidation sites excluding steroid dienone is 14. The van der Waals surface area contributed by atoms with Crippen LogP contribution in [0.2, 0.25) is 0 Å². The van der Waals surface area contributed by atoms with Crippen molar-refractivity contribution in [3.8, 4) is 0 Å². The molecular weight excluding hydrogens is 817 g/mol. The summed E-state index contributed by atoms with van der Waals surface area (Å²) in [5.41, 5.74) is 0. The summed E-state index contributed by atoms with van der Waals surface area (Å²) in [7, 11) is 0. The van der Waals surface area contributed by atoms with Crippen LogP contribution in [-0.2, 0) is 28.6 Å². The number of esters is 3. The van der Waals surface area contributed by atoms with E-state index in [1.54, 1.807) is 0 Å². The Morgan fingerprint density at radius 2 is 0.652 bits per heavy atom. The van der Waals surface area contributed by atoms with Crippen LogP contribution in [-0.4, -0.2) is 37.2 Å². The quantitative estimate of drug-likeness (QED) is 0.0199. The average Bonchev–Trinajstić information content (AvgIpc) is 3.31. The molecule has 0 aromatic heterocycles. The Balaban J connectivity index is 4.51. The Morgan fingerprint density at radius 1 is 0.333 bits per heavy atom. The number of hydrogen-bond acceptors (Lipinski definition) is 6.